The first-order valence-electron chi connectivity index (χ1n) is 7.52. The number of benzene rings is 1. The van der Waals surface area contributed by atoms with E-state index in [0.717, 1.165) is 29.5 Å². The Morgan fingerprint density at radius 1 is 1.25 bits per heavy atom. The van der Waals surface area contributed by atoms with Crippen molar-refractivity contribution in [2.45, 2.75) is 44.7 Å². The summed E-state index contributed by atoms with van der Waals surface area (Å²) < 4.78 is 1.11. The molecule has 0 amide bonds. The first-order chi connectivity index (χ1) is 9.54. The summed E-state index contributed by atoms with van der Waals surface area (Å²) in [7, 11) is 0. The number of nitrogens with one attached hydrogen (secondary N) is 1. The van der Waals surface area contributed by atoms with Crippen LogP contribution in [0.25, 0.3) is 0 Å². The van der Waals surface area contributed by atoms with Crippen molar-refractivity contribution in [1.29, 1.82) is 0 Å². The highest BCUT2D eigenvalue weighted by molar-refractivity contribution is 9.10. The Morgan fingerprint density at radius 3 is 2.55 bits per heavy atom. The van der Waals surface area contributed by atoms with E-state index in [9.17, 15) is 0 Å². The third-order valence-corrected chi connectivity index (χ3v) is 4.88. The van der Waals surface area contributed by atoms with Gasteiger partial charge >= 0.3 is 0 Å². The largest absolute Gasteiger partial charge is 0.378 e. The number of nitrogens with zero attached hydrogens (tertiary/aromatic N) is 1. The standard InChI is InChI=1S/C16H26BrN3/c1-13(2)20-10-3-8-16(12-18,9-11-20)19-15-6-4-14(17)5-7-15/h4-7,13,19H,3,8-12,18H2,1-2H3. The quantitative estimate of drug-likeness (QED) is 0.882. The third kappa shape index (κ3) is 3.96. The zero-order valence-corrected chi connectivity index (χ0v) is 14.1. The van der Waals surface area contributed by atoms with Crippen LogP contribution in [-0.2, 0) is 0 Å². The van der Waals surface area contributed by atoms with Crippen LogP contribution in [0.5, 0.6) is 0 Å². The molecule has 0 aromatic heterocycles. The van der Waals surface area contributed by atoms with Gasteiger partial charge in [-0.2, -0.15) is 0 Å². The lowest BCUT2D eigenvalue weighted by Crippen LogP contribution is -2.46. The van der Waals surface area contributed by atoms with E-state index in [2.05, 4.69) is 64.3 Å². The van der Waals surface area contributed by atoms with E-state index >= 15 is 0 Å². The summed E-state index contributed by atoms with van der Waals surface area (Å²) in [5.74, 6) is 0. The third-order valence-electron chi connectivity index (χ3n) is 4.35. The van der Waals surface area contributed by atoms with Crippen LogP contribution < -0.4 is 11.1 Å². The summed E-state index contributed by atoms with van der Waals surface area (Å²) in [6.45, 7) is 7.55. The summed E-state index contributed by atoms with van der Waals surface area (Å²) >= 11 is 3.48. The van der Waals surface area contributed by atoms with Crippen LogP contribution in [0.2, 0.25) is 0 Å². The van der Waals surface area contributed by atoms with Crippen molar-refractivity contribution in [3.05, 3.63) is 28.7 Å². The molecule has 1 saturated heterocycles. The van der Waals surface area contributed by atoms with Gasteiger partial charge in [0.05, 0.1) is 5.54 Å². The molecule has 4 heteroatoms. The van der Waals surface area contributed by atoms with Gasteiger partial charge in [0.2, 0.25) is 0 Å². The summed E-state index contributed by atoms with van der Waals surface area (Å²) in [6.07, 6.45) is 3.46. The molecule has 0 bridgehead atoms. The van der Waals surface area contributed by atoms with Crippen molar-refractivity contribution in [3.63, 3.8) is 0 Å². The fourth-order valence-corrected chi connectivity index (χ4v) is 3.22. The van der Waals surface area contributed by atoms with E-state index < -0.39 is 0 Å². The normalized spacial score (nSPS) is 24.6. The minimum atomic E-state index is 0.0392. The van der Waals surface area contributed by atoms with Crippen molar-refractivity contribution in [1.82, 2.24) is 4.90 Å². The second-order valence-corrected chi connectivity index (χ2v) is 7.02. The van der Waals surface area contributed by atoms with Gasteiger partial charge < -0.3 is 16.0 Å². The molecule has 1 unspecified atom stereocenters. The first kappa shape index (κ1) is 15.8. The van der Waals surface area contributed by atoms with Gasteiger partial charge in [-0.15, -0.1) is 0 Å². The molecule has 1 heterocycles. The van der Waals surface area contributed by atoms with Crippen LogP contribution in [0.4, 0.5) is 5.69 Å². The highest BCUT2D eigenvalue weighted by Crippen LogP contribution is 2.27. The summed E-state index contributed by atoms with van der Waals surface area (Å²) in [5, 5.41) is 3.70. The maximum atomic E-state index is 6.12. The maximum Gasteiger partial charge on any atom is 0.0508 e. The lowest BCUT2D eigenvalue weighted by Gasteiger charge is -2.34. The van der Waals surface area contributed by atoms with E-state index in [1.165, 1.54) is 13.0 Å². The van der Waals surface area contributed by atoms with Gasteiger partial charge in [-0.1, -0.05) is 15.9 Å². The molecule has 20 heavy (non-hydrogen) atoms. The first-order valence-corrected chi connectivity index (χ1v) is 8.32. The minimum Gasteiger partial charge on any atom is -0.378 e. The molecule has 3 nitrogen and oxygen atoms in total. The van der Waals surface area contributed by atoms with Crippen LogP contribution in [-0.4, -0.2) is 36.1 Å². The SMILES string of the molecule is CC(C)N1CCCC(CN)(Nc2ccc(Br)cc2)CC1. The zero-order valence-electron chi connectivity index (χ0n) is 12.5. The number of likely N-dealkylation sites (tertiary alicyclic amines) is 1. The Kier molecular flexibility index (Phi) is 5.47. The van der Waals surface area contributed by atoms with Crippen molar-refractivity contribution in [3.8, 4) is 0 Å². The van der Waals surface area contributed by atoms with Gasteiger partial charge in [0.1, 0.15) is 0 Å². The summed E-state index contributed by atoms with van der Waals surface area (Å²) in [4.78, 5) is 2.56. The van der Waals surface area contributed by atoms with Gasteiger partial charge in [0, 0.05) is 29.3 Å². The van der Waals surface area contributed by atoms with E-state index in [-0.39, 0.29) is 5.54 Å². The zero-order chi connectivity index (χ0) is 14.6. The number of rotatable bonds is 4. The average Bonchev–Trinajstić information content (AvgIpc) is 2.65. The monoisotopic (exact) mass is 339 g/mol. The van der Waals surface area contributed by atoms with E-state index in [4.69, 9.17) is 5.73 Å². The number of halogens is 1. The van der Waals surface area contributed by atoms with Gasteiger partial charge in [-0.25, -0.2) is 0 Å². The molecule has 0 spiro atoms. The van der Waals surface area contributed by atoms with E-state index in [0.29, 0.717) is 12.6 Å². The Morgan fingerprint density at radius 2 is 1.95 bits per heavy atom. The van der Waals surface area contributed by atoms with Gasteiger partial charge in [0.15, 0.2) is 0 Å². The van der Waals surface area contributed by atoms with Gasteiger partial charge in [0.25, 0.3) is 0 Å². The predicted molar refractivity (Wildman–Crippen MR) is 90.1 cm³/mol. The smallest absolute Gasteiger partial charge is 0.0508 e. The van der Waals surface area contributed by atoms with Crippen LogP contribution >= 0.6 is 15.9 Å². The fraction of sp³-hybridized carbons (Fsp3) is 0.625. The summed E-state index contributed by atoms with van der Waals surface area (Å²) in [6, 6.07) is 9.00. The second kappa shape index (κ2) is 6.92. The average molecular weight is 340 g/mol. The molecular formula is C16H26BrN3. The number of nitrogens with two attached hydrogens (primary N) is 1. The van der Waals surface area contributed by atoms with E-state index in [1.807, 2.05) is 0 Å². The molecule has 1 aliphatic heterocycles. The summed E-state index contributed by atoms with van der Waals surface area (Å²) in [5.41, 5.74) is 7.32. The molecule has 2 rings (SSSR count). The van der Waals surface area contributed by atoms with Crippen LogP contribution in [0.3, 0.4) is 0 Å². The number of anilines is 1. The minimum absolute atomic E-state index is 0.0392. The van der Waals surface area contributed by atoms with Crippen LogP contribution in [0.15, 0.2) is 28.7 Å². The molecule has 1 aliphatic rings. The van der Waals surface area contributed by atoms with E-state index in [1.54, 1.807) is 0 Å². The lowest BCUT2D eigenvalue weighted by molar-refractivity contribution is 0.227. The van der Waals surface area contributed by atoms with Crippen molar-refractivity contribution < 1.29 is 0 Å². The Bertz CT molecular complexity index is 418. The molecule has 112 valence electrons. The topological polar surface area (TPSA) is 41.3 Å². The molecule has 1 atom stereocenters. The molecule has 0 saturated carbocycles. The van der Waals surface area contributed by atoms with Crippen LogP contribution in [0, 0.1) is 0 Å². The molecular weight excluding hydrogens is 314 g/mol. The predicted octanol–water partition coefficient (Wildman–Crippen LogP) is 3.45. The number of hydrogen-bond acceptors (Lipinski definition) is 3. The van der Waals surface area contributed by atoms with Crippen molar-refractivity contribution in [2.24, 2.45) is 5.73 Å². The molecule has 0 radical (unpaired) electrons. The Balaban J connectivity index is 2.07. The molecule has 1 fully saturated rings. The molecule has 1 aromatic rings. The fourth-order valence-electron chi connectivity index (χ4n) is 2.95. The highest BCUT2D eigenvalue weighted by Gasteiger charge is 2.31. The Hall–Kier alpha value is -0.580. The maximum absolute atomic E-state index is 6.12. The molecule has 1 aromatic carbocycles. The molecule has 3 N–H and O–H groups in total. The number of hydrogen-bond donors (Lipinski definition) is 2. The van der Waals surface area contributed by atoms with Gasteiger partial charge in [-0.3, -0.25) is 0 Å². The van der Waals surface area contributed by atoms with Crippen molar-refractivity contribution >= 4 is 21.6 Å². The highest BCUT2D eigenvalue weighted by atomic mass is 79.9. The Labute approximate surface area is 131 Å². The van der Waals surface area contributed by atoms with Crippen molar-refractivity contribution in [2.75, 3.05) is 25.0 Å². The lowest BCUT2D eigenvalue weighted by atomic mass is 9.90. The van der Waals surface area contributed by atoms with Crippen LogP contribution in [0.1, 0.15) is 33.1 Å². The molecule has 0 aliphatic carbocycles. The second-order valence-electron chi connectivity index (χ2n) is 6.10. The van der Waals surface area contributed by atoms with Gasteiger partial charge in [-0.05, 0) is 63.9 Å².